The summed E-state index contributed by atoms with van der Waals surface area (Å²) in [5, 5.41) is 12.4. The van der Waals surface area contributed by atoms with Crippen LogP contribution in [0.5, 0.6) is 0 Å². The van der Waals surface area contributed by atoms with Crippen molar-refractivity contribution in [2.75, 3.05) is 13.1 Å². The van der Waals surface area contributed by atoms with Crippen LogP contribution in [-0.4, -0.2) is 13.1 Å². The summed E-state index contributed by atoms with van der Waals surface area (Å²) in [7, 11) is 0. The summed E-state index contributed by atoms with van der Waals surface area (Å²) >= 11 is 0. The molecular formula is C12H12F2N2. The van der Waals surface area contributed by atoms with Gasteiger partial charge in [0.05, 0.1) is 11.5 Å². The van der Waals surface area contributed by atoms with Gasteiger partial charge in [-0.15, -0.1) is 0 Å². The molecule has 1 fully saturated rings. The van der Waals surface area contributed by atoms with Crippen LogP contribution in [0.4, 0.5) is 8.78 Å². The standard InChI is InChI=1S/C12H12F2N2/c13-9-1-2-11(14)10(7-9)12(8-15)3-5-16-6-4-12/h1-2,7,16H,3-6H2. The predicted molar refractivity (Wildman–Crippen MR) is 55.8 cm³/mol. The van der Waals surface area contributed by atoms with Gasteiger partial charge in [0.1, 0.15) is 11.6 Å². The monoisotopic (exact) mass is 222 g/mol. The molecule has 1 heterocycles. The van der Waals surface area contributed by atoms with Crippen molar-refractivity contribution in [3.8, 4) is 6.07 Å². The van der Waals surface area contributed by atoms with E-state index in [1.165, 1.54) is 0 Å². The molecule has 2 rings (SSSR count). The zero-order valence-corrected chi connectivity index (χ0v) is 8.76. The smallest absolute Gasteiger partial charge is 0.128 e. The number of hydrogen-bond donors (Lipinski definition) is 1. The van der Waals surface area contributed by atoms with Gasteiger partial charge in [0, 0.05) is 5.56 Å². The average molecular weight is 222 g/mol. The quantitative estimate of drug-likeness (QED) is 0.790. The molecular weight excluding hydrogens is 210 g/mol. The topological polar surface area (TPSA) is 35.8 Å². The van der Waals surface area contributed by atoms with E-state index in [1.54, 1.807) is 0 Å². The van der Waals surface area contributed by atoms with Crippen LogP contribution in [0.25, 0.3) is 0 Å². The Balaban J connectivity index is 2.47. The van der Waals surface area contributed by atoms with E-state index in [0.717, 1.165) is 18.2 Å². The van der Waals surface area contributed by atoms with E-state index < -0.39 is 17.0 Å². The minimum Gasteiger partial charge on any atom is -0.317 e. The molecule has 4 heteroatoms. The third-order valence-corrected chi connectivity index (χ3v) is 3.12. The molecule has 1 aliphatic heterocycles. The van der Waals surface area contributed by atoms with Crippen LogP contribution in [-0.2, 0) is 5.41 Å². The van der Waals surface area contributed by atoms with E-state index in [-0.39, 0.29) is 5.56 Å². The summed E-state index contributed by atoms with van der Waals surface area (Å²) < 4.78 is 26.8. The summed E-state index contributed by atoms with van der Waals surface area (Å²) in [5.74, 6) is -0.991. The van der Waals surface area contributed by atoms with E-state index in [2.05, 4.69) is 11.4 Å². The molecule has 2 nitrogen and oxygen atoms in total. The second kappa shape index (κ2) is 4.18. The lowest BCUT2D eigenvalue weighted by Gasteiger charge is -2.31. The number of benzene rings is 1. The average Bonchev–Trinajstić information content (AvgIpc) is 2.33. The van der Waals surface area contributed by atoms with Crippen molar-refractivity contribution in [3.05, 3.63) is 35.4 Å². The zero-order valence-electron chi connectivity index (χ0n) is 8.76. The summed E-state index contributed by atoms with van der Waals surface area (Å²) in [5.41, 5.74) is -0.686. The maximum Gasteiger partial charge on any atom is 0.128 e. The van der Waals surface area contributed by atoms with Crippen molar-refractivity contribution >= 4 is 0 Å². The molecule has 0 aromatic heterocycles. The fourth-order valence-electron chi connectivity index (χ4n) is 2.16. The van der Waals surface area contributed by atoms with Crippen molar-refractivity contribution in [1.29, 1.82) is 5.26 Å². The van der Waals surface area contributed by atoms with Gasteiger partial charge < -0.3 is 5.32 Å². The third kappa shape index (κ3) is 1.79. The van der Waals surface area contributed by atoms with Crippen LogP contribution in [0.2, 0.25) is 0 Å². The first-order valence-corrected chi connectivity index (χ1v) is 5.25. The Bertz CT molecular complexity index is 431. The first kappa shape index (κ1) is 11.0. The Hall–Kier alpha value is -1.47. The van der Waals surface area contributed by atoms with Crippen LogP contribution in [0.15, 0.2) is 18.2 Å². The zero-order chi connectivity index (χ0) is 11.6. The molecule has 1 aromatic rings. The van der Waals surface area contributed by atoms with Crippen molar-refractivity contribution in [1.82, 2.24) is 5.32 Å². The van der Waals surface area contributed by atoms with Gasteiger partial charge in [0.25, 0.3) is 0 Å². The summed E-state index contributed by atoms with van der Waals surface area (Å²) in [6, 6.07) is 5.46. The molecule has 0 amide bonds. The molecule has 0 saturated carbocycles. The molecule has 0 spiro atoms. The number of nitriles is 1. The van der Waals surface area contributed by atoms with Gasteiger partial charge in [-0.2, -0.15) is 5.26 Å². The largest absolute Gasteiger partial charge is 0.317 e. The van der Waals surface area contributed by atoms with Gasteiger partial charge in [0.15, 0.2) is 0 Å². The molecule has 0 bridgehead atoms. The number of piperidine rings is 1. The molecule has 1 N–H and O–H groups in total. The molecule has 0 atom stereocenters. The Morgan fingerprint density at radius 3 is 2.56 bits per heavy atom. The first-order valence-electron chi connectivity index (χ1n) is 5.25. The van der Waals surface area contributed by atoms with Crippen LogP contribution < -0.4 is 5.32 Å². The van der Waals surface area contributed by atoms with Crippen LogP contribution in [0.3, 0.4) is 0 Å². The minimum atomic E-state index is -0.878. The number of rotatable bonds is 1. The highest BCUT2D eigenvalue weighted by atomic mass is 19.1. The SMILES string of the molecule is N#CC1(c2cc(F)ccc2F)CCNCC1. The number of nitrogens with one attached hydrogen (secondary N) is 1. The molecule has 16 heavy (non-hydrogen) atoms. The van der Waals surface area contributed by atoms with Crippen LogP contribution >= 0.6 is 0 Å². The number of halogens is 2. The minimum absolute atomic E-state index is 0.191. The van der Waals surface area contributed by atoms with Gasteiger partial charge >= 0.3 is 0 Å². The Kier molecular flexibility index (Phi) is 2.88. The van der Waals surface area contributed by atoms with E-state index in [9.17, 15) is 14.0 Å². The molecule has 1 saturated heterocycles. The lowest BCUT2D eigenvalue weighted by Crippen LogP contribution is -2.39. The van der Waals surface area contributed by atoms with E-state index in [0.29, 0.717) is 25.9 Å². The summed E-state index contributed by atoms with van der Waals surface area (Å²) in [4.78, 5) is 0. The first-order chi connectivity index (χ1) is 7.68. The van der Waals surface area contributed by atoms with Crippen molar-refractivity contribution in [3.63, 3.8) is 0 Å². The van der Waals surface area contributed by atoms with Gasteiger partial charge in [-0.1, -0.05) is 0 Å². The van der Waals surface area contributed by atoms with Crippen LogP contribution in [0, 0.1) is 23.0 Å². The van der Waals surface area contributed by atoms with Crippen molar-refractivity contribution < 1.29 is 8.78 Å². The van der Waals surface area contributed by atoms with Gasteiger partial charge in [0.2, 0.25) is 0 Å². The molecule has 0 aliphatic carbocycles. The fourth-order valence-corrected chi connectivity index (χ4v) is 2.16. The fraction of sp³-hybridized carbons (Fsp3) is 0.417. The van der Waals surface area contributed by atoms with Gasteiger partial charge in [-0.25, -0.2) is 8.78 Å². The number of hydrogen-bond acceptors (Lipinski definition) is 2. The lowest BCUT2D eigenvalue weighted by molar-refractivity contribution is 0.368. The van der Waals surface area contributed by atoms with E-state index in [1.807, 2.05) is 0 Å². The summed E-state index contributed by atoms with van der Waals surface area (Å²) in [6.45, 7) is 1.31. The van der Waals surface area contributed by atoms with Crippen molar-refractivity contribution in [2.24, 2.45) is 0 Å². The predicted octanol–water partition coefficient (Wildman–Crippen LogP) is 2.11. The Labute approximate surface area is 92.9 Å². The van der Waals surface area contributed by atoms with Crippen molar-refractivity contribution in [2.45, 2.75) is 18.3 Å². The highest BCUT2D eigenvalue weighted by Crippen LogP contribution is 2.34. The van der Waals surface area contributed by atoms with Crippen LogP contribution in [0.1, 0.15) is 18.4 Å². The Morgan fingerprint density at radius 2 is 1.94 bits per heavy atom. The normalized spacial score (nSPS) is 19.1. The van der Waals surface area contributed by atoms with Gasteiger partial charge in [-0.3, -0.25) is 0 Å². The molecule has 0 unspecified atom stereocenters. The molecule has 0 radical (unpaired) electrons. The van der Waals surface area contributed by atoms with E-state index in [4.69, 9.17) is 0 Å². The van der Waals surface area contributed by atoms with E-state index >= 15 is 0 Å². The lowest BCUT2D eigenvalue weighted by atomic mass is 9.74. The number of nitrogens with zero attached hydrogens (tertiary/aromatic N) is 1. The second-order valence-corrected chi connectivity index (χ2v) is 4.07. The summed E-state index contributed by atoms with van der Waals surface area (Å²) in [6.07, 6.45) is 1.04. The second-order valence-electron chi connectivity index (χ2n) is 4.07. The Morgan fingerprint density at radius 1 is 1.25 bits per heavy atom. The molecule has 84 valence electrons. The highest BCUT2D eigenvalue weighted by Gasteiger charge is 2.36. The maximum absolute atomic E-state index is 13.6. The highest BCUT2D eigenvalue weighted by molar-refractivity contribution is 5.34. The maximum atomic E-state index is 13.6. The molecule has 1 aliphatic rings. The molecule has 1 aromatic carbocycles. The van der Waals surface area contributed by atoms with Gasteiger partial charge in [-0.05, 0) is 44.1 Å². The third-order valence-electron chi connectivity index (χ3n) is 3.12.